The van der Waals surface area contributed by atoms with Crippen molar-refractivity contribution in [3.63, 3.8) is 0 Å². The first-order valence-corrected chi connectivity index (χ1v) is 7.86. The Morgan fingerprint density at radius 2 is 1.48 bits per heavy atom. The summed E-state index contributed by atoms with van der Waals surface area (Å²) in [5.41, 5.74) is 3.70. The lowest BCUT2D eigenvalue weighted by Crippen LogP contribution is -1.93. The maximum Gasteiger partial charge on any atom is 0.130 e. The number of pyridine rings is 1. The van der Waals surface area contributed by atoms with Crippen LogP contribution in [0.3, 0.4) is 0 Å². The van der Waals surface area contributed by atoms with Crippen LogP contribution in [0, 0.1) is 0 Å². The van der Waals surface area contributed by atoms with E-state index < -0.39 is 0 Å². The third-order valence-electron chi connectivity index (χ3n) is 3.58. The van der Waals surface area contributed by atoms with E-state index in [1.165, 1.54) is 11.1 Å². The van der Waals surface area contributed by atoms with E-state index >= 15 is 0 Å². The van der Waals surface area contributed by atoms with E-state index in [4.69, 9.17) is 0 Å². The number of nitrogens with one attached hydrogen (secondary N) is 1. The van der Waals surface area contributed by atoms with E-state index in [1.54, 1.807) is 6.20 Å². The summed E-state index contributed by atoms with van der Waals surface area (Å²) < 4.78 is 0. The molecule has 23 heavy (non-hydrogen) atoms. The molecule has 3 aromatic rings. The zero-order chi connectivity index (χ0) is 15.7. The van der Waals surface area contributed by atoms with Crippen molar-refractivity contribution >= 4 is 11.5 Å². The first kappa shape index (κ1) is 15.0. The zero-order valence-corrected chi connectivity index (χ0v) is 13.0. The van der Waals surface area contributed by atoms with Crippen LogP contribution in [0.2, 0.25) is 0 Å². The average Bonchev–Trinajstić information content (AvgIpc) is 2.61. The molecule has 0 bridgehead atoms. The molecule has 0 atom stereocenters. The molecule has 0 saturated heterocycles. The summed E-state index contributed by atoms with van der Waals surface area (Å²) in [6.07, 6.45) is 8.16. The molecule has 1 aromatic heterocycles. The number of nitrogens with zero attached hydrogens (tertiary/aromatic N) is 1. The maximum atomic E-state index is 4.29. The van der Waals surface area contributed by atoms with Crippen molar-refractivity contribution < 1.29 is 0 Å². The van der Waals surface area contributed by atoms with Gasteiger partial charge in [0.2, 0.25) is 0 Å². The average molecular weight is 300 g/mol. The van der Waals surface area contributed by atoms with Crippen molar-refractivity contribution in [3.05, 3.63) is 102 Å². The Labute approximate surface area is 137 Å². The minimum absolute atomic E-state index is 0.865. The molecule has 0 amide bonds. The molecule has 0 aliphatic carbocycles. The van der Waals surface area contributed by atoms with Crippen molar-refractivity contribution in [1.82, 2.24) is 4.98 Å². The summed E-state index contributed by atoms with van der Waals surface area (Å²) >= 11 is 0. The fraction of sp³-hybridized carbons (Fsp3) is 0.0952. The van der Waals surface area contributed by atoms with Gasteiger partial charge in [-0.2, -0.15) is 0 Å². The molecule has 1 N–H and O–H groups in total. The Morgan fingerprint density at radius 3 is 2.26 bits per heavy atom. The van der Waals surface area contributed by atoms with Crippen LogP contribution in [0.5, 0.6) is 0 Å². The normalized spacial score (nSPS) is 10.8. The number of benzene rings is 2. The second kappa shape index (κ2) is 7.95. The summed E-state index contributed by atoms with van der Waals surface area (Å²) in [5.74, 6) is 0.865. The number of anilines is 2. The molecule has 3 rings (SSSR count). The van der Waals surface area contributed by atoms with Gasteiger partial charge in [-0.05, 0) is 48.2 Å². The Hall–Kier alpha value is -2.87. The highest BCUT2D eigenvalue weighted by Crippen LogP contribution is 2.16. The SMILES string of the molecule is C(=CCc1cccc(Nc2ccccn2)c1)Cc1ccccc1. The van der Waals surface area contributed by atoms with Gasteiger partial charge in [0.25, 0.3) is 0 Å². The van der Waals surface area contributed by atoms with Gasteiger partial charge in [-0.25, -0.2) is 4.98 Å². The lowest BCUT2D eigenvalue weighted by molar-refractivity contribution is 1.20. The van der Waals surface area contributed by atoms with E-state index in [1.807, 2.05) is 24.3 Å². The molecule has 0 unspecified atom stereocenters. The van der Waals surface area contributed by atoms with Crippen molar-refractivity contribution in [2.45, 2.75) is 12.8 Å². The minimum Gasteiger partial charge on any atom is -0.340 e. The van der Waals surface area contributed by atoms with Crippen LogP contribution in [-0.2, 0) is 12.8 Å². The van der Waals surface area contributed by atoms with Crippen LogP contribution < -0.4 is 5.32 Å². The topological polar surface area (TPSA) is 24.9 Å². The second-order valence-corrected chi connectivity index (χ2v) is 5.41. The Kier molecular flexibility index (Phi) is 5.20. The molecule has 0 aliphatic heterocycles. The molecule has 1 heterocycles. The maximum absolute atomic E-state index is 4.29. The summed E-state index contributed by atoms with van der Waals surface area (Å²) in [5, 5.41) is 3.33. The highest BCUT2D eigenvalue weighted by atomic mass is 15.0. The summed E-state index contributed by atoms with van der Waals surface area (Å²) in [7, 11) is 0. The number of hydrogen-bond acceptors (Lipinski definition) is 2. The number of allylic oxidation sites excluding steroid dienone is 2. The Morgan fingerprint density at radius 1 is 0.739 bits per heavy atom. The van der Waals surface area contributed by atoms with Crippen LogP contribution >= 0.6 is 0 Å². The smallest absolute Gasteiger partial charge is 0.130 e. The van der Waals surface area contributed by atoms with Gasteiger partial charge >= 0.3 is 0 Å². The fourth-order valence-electron chi connectivity index (χ4n) is 2.41. The van der Waals surface area contributed by atoms with Gasteiger partial charge < -0.3 is 5.32 Å². The minimum atomic E-state index is 0.865. The zero-order valence-electron chi connectivity index (χ0n) is 13.0. The number of hydrogen-bond donors (Lipinski definition) is 1. The van der Waals surface area contributed by atoms with E-state index in [0.717, 1.165) is 24.3 Å². The van der Waals surface area contributed by atoms with Crippen molar-refractivity contribution in [3.8, 4) is 0 Å². The van der Waals surface area contributed by atoms with E-state index in [9.17, 15) is 0 Å². The van der Waals surface area contributed by atoms with Gasteiger partial charge in [-0.3, -0.25) is 0 Å². The Balaban J connectivity index is 1.57. The van der Waals surface area contributed by atoms with Crippen LogP contribution in [0.25, 0.3) is 0 Å². The van der Waals surface area contributed by atoms with Crippen LogP contribution in [-0.4, -0.2) is 4.98 Å². The van der Waals surface area contributed by atoms with E-state index in [-0.39, 0.29) is 0 Å². The Bertz CT molecular complexity index is 749. The monoisotopic (exact) mass is 300 g/mol. The highest BCUT2D eigenvalue weighted by Gasteiger charge is 1.96. The molecule has 2 heteroatoms. The van der Waals surface area contributed by atoms with Gasteiger partial charge in [0, 0.05) is 11.9 Å². The number of rotatable bonds is 6. The van der Waals surface area contributed by atoms with Crippen molar-refractivity contribution in [2.75, 3.05) is 5.32 Å². The first-order valence-electron chi connectivity index (χ1n) is 7.86. The molecule has 2 aromatic carbocycles. The lowest BCUT2D eigenvalue weighted by atomic mass is 10.1. The number of aromatic nitrogens is 1. The molecule has 0 aliphatic rings. The second-order valence-electron chi connectivity index (χ2n) is 5.41. The van der Waals surface area contributed by atoms with Gasteiger partial charge in [-0.1, -0.05) is 60.7 Å². The predicted octanol–water partition coefficient (Wildman–Crippen LogP) is 5.17. The lowest BCUT2D eigenvalue weighted by Gasteiger charge is -2.06. The molecule has 0 fully saturated rings. The molecular formula is C21H20N2. The quantitative estimate of drug-likeness (QED) is 0.635. The van der Waals surface area contributed by atoms with E-state index in [0.29, 0.717) is 0 Å². The van der Waals surface area contributed by atoms with E-state index in [2.05, 4.69) is 71.0 Å². The molecule has 0 radical (unpaired) electrons. The highest BCUT2D eigenvalue weighted by molar-refractivity contribution is 5.56. The molecule has 2 nitrogen and oxygen atoms in total. The molecule has 114 valence electrons. The molecular weight excluding hydrogens is 280 g/mol. The predicted molar refractivity (Wildman–Crippen MR) is 97.0 cm³/mol. The molecule has 0 spiro atoms. The van der Waals surface area contributed by atoms with Gasteiger partial charge in [0.05, 0.1) is 0 Å². The van der Waals surface area contributed by atoms with Crippen LogP contribution in [0.15, 0.2) is 91.1 Å². The third-order valence-corrected chi connectivity index (χ3v) is 3.58. The summed E-state index contributed by atoms with van der Waals surface area (Å²) in [4.78, 5) is 4.29. The third kappa shape index (κ3) is 4.82. The standard InChI is InChI=1S/C21H20N2/c1-2-9-18(10-3-1)11-4-5-12-19-13-8-14-20(17-19)23-21-15-6-7-16-22-21/h1-10,13-17H,11-12H2,(H,22,23). The fourth-order valence-corrected chi connectivity index (χ4v) is 2.41. The van der Waals surface area contributed by atoms with Crippen LogP contribution in [0.1, 0.15) is 11.1 Å². The summed E-state index contributed by atoms with van der Waals surface area (Å²) in [6, 6.07) is 24.8. The van der Waals surface area contributed by atoms with Crippen molar-refractivity contribution in [1.29, 1.82) is 0 Å². The first-order chi connectivity index (χ1) is 11.4. The molecule has 0 saturated carbocycles. The summed E-state index contributed by atoms with van der Waals surface area (Å²) in [6.45, 7) is 0. The van der Waals surface area contributed by atoms with Crippen LogP contribution in [0.4, 0.5) is 11.5 Å². The van der Waals surface area contributed by atoms with Crippen molar-refractivity contribution in [2.24, 2.45) is 0 Å². The van der Waals surface area contributed by atoms with Gasteiger partial charge in [-0.15, -0.1) is 0 Å². The largest absolute Gasteiger partial charge is 0.340 e. The van der Waals surface area contributed by atoms with Gasteiger partial charge in [0.15, 0.2) is 0 Å². The van der Waals surface area contributed by atoms with Gasteiger partial charge in [0.1, 0.15) is 5.82 Å².